The number of aromatic amines is 2. The van der Waals surface area contributed by atoms with E-state index in [0.29, 0.717) is 0 Å². The Morgan fingerprint density at radius 2 is 0.376 bits per heavy atom. The maximum Gasteiger partial charge on any atom is 0.436 e. The summed E-state index contributed by atoms with van der Waals surface area (Å²) in [7, 11) is 0. The standard InChI is InChI=1S/C56H29F37N8/c1-42(2,65)18-20(44(5,67)50(73,74)75)28(59)12-10(26(18)57)34-94-35-11-13(29(60)21(45(6,68)51(76,77)78)19(27(11)58)43(3,4)66)37(96-35)98-40-16-17(33(64)25(49(72,55(88,89)90)56(91,92)93)24(32(16)63)48(9,71)54(85,86)87)41(101-40)100-39-15-14(38(99-39)97-36(12)95-34)30(61)22(46(7,69)52(79,80)81)23(31(15)62)47(8,70)53(82,83)84/h1-9H3,(H2,94,95,96,97,98,99,100,101)/t44-,45+,46-,47-,48+/m0/s1. The van der Waals surface area contributed by atoms with E-state index in [1.165, 1.54) is 9.97 Å². The van der Waals surface area contributed by atoms with Crippen molar-refractivity contribution in [1.29, 1.82) is 0 Å². The molecule has 0 saturated carbocycles. The maximum atomic E-state index is 17.7. The summed E-state index contributed by atoms with van der Waals surface area (Å²) in [6.07, 6.45) is -50.9. The molecule has 2 N–H and O–H groups in total. The van der Waals surface area contributed by atoms with E-state index in [1.54, 1.807) is 0 Å². The van der Waals surface area contributed by atoms with E-state index in [4.69, 9.17) is 0 Å². The van der Waals surface area contributed by atoms with Crippen molar-refractivity contribution in [2.75, 3.05) is 0 Å². The molecule has 0 unspecified atom stereocenters. The first-order chi connectivity index (χ1) is 44.9. The average molecular weight is 1520 g/mol. The number of hydrogen-bond donors (Lipinski definition) is 2. The first kappa shape index (κ1) is 76.8. The lowest BCUT2D eigenvalue weighted by molar-refractivity contribution is -0.350. The predicted molar refractivity (Wildman–Crippen MR) is 271 cm³/mol. The molecule has 0 radical (unpaired) electrons. The number of alkyl halides is 29. The molecule has 0 saturated heterocycles. The van der Waals surface area contributed by atoms with Crippen molar-refractivity contribution < 1.29 is 162 Å². The monoisotopic (exact) mass is 1520 g/mol. The first-order valence-electron chi connectivity index (χ1n) is 26.9. The molecule has 5 heterocycles. The van der Waals surface area contributed by atoms with E-state index in [0.717, 1.165) is 0 Å². The molecule has 0 amide bonds. The van der Waals surface area contributed by atoms with Crippen LogP contribution in [0.25, 0.3) is 89.7 Å². The van der Waals surface area contributed by atoms with Gasteiger partial charge in [0, 0.05) is 38.9 Å². The Bertz CT molecular complexity index is 4870. The minimum absolute atomic E-state index is 0.00626. The fraction of sp³-hybridized carbons (Fsp3) is 0.429. The number of H-pyrrole nitrogens is 2. The van der Waals surface area contributed by atoms with Gasteiger partial charge in [-0.1, -0.05) is 0 Å². The molecule has 2 aliphatic rings. The zero-order valence-electron chi connectivity index (χ0n) is 50.2. The van der Waals surface area contributed by atoms with Crippen molar-refractivity contribution in [3.05, 3.63) is 91.0 Å². The Hall–Kier alpha value is -8.35. The van der Waals surface area contributed by atoms with Crippen LogP contribution in [-0.4, -0.2) is 83.1 Å². The second-order valence-electron chi connectivity index (χ2n) is 24.2. The second-order valence-corrected chi connectivity index (χ2v) is 24.2. The Labute approximate surface area is 533 Å². The SMILES string of the molecule is CC(C)(F)c1c(F)c2c(c(F)c1[C@](C)(F)C(F)(F)F)-c1nc-2nc2[nH]c(nc3nc(nc4[nH]c(n1)c1c(F)c([C@](C)(F)C(F)(F)F)c([C@](C)(F)C(F)(F)F)c(F)c41)-c1c(F)c(C(F)(C(F)(F)F)C(F)(F)F)c([C@@](C)(F)C(F)(F)F)c(F)c1-3)c1c(F)c([C@@](C)(F)C(F)(F)F)c(C(C)(C)F)c(F)c21. The predicted octanol–water partition coefficient (Wildman–Crippen LogP) is 21.4. The van der Waals surface area contributed by atoms with Gasteiger partial charge in [-0.25, -0.2) is 100 Å². The number of nitrogens with zero attached hydrogens (tertiary/aromatic N) is 6. The number of nitrogens with one attached hydrogen (secondary N) is 2. The highest BCUT2D eigenvalue weighted by Crippen LogP contribution is 2.63. The molecule has 5 atom stereocenters. The van der Waals surface area contributed by atoms with Crippen LogP contribution in [0.1, 0.15) is 107 Å². The topological polar surface area (TPSA) is 109 Å². The number of fused-ring (bicyclic) bond motifs is 20. The molecule has 3 aromatic heterocycles. The van der Waals surface area contributed by atoms with Gasteiger partial charge in [0.2, 0.25) is 28.3 Å². The molecule has 101 heavy (non-hydrogen) atoms. The minimum atomic E-state index is -8.11. The summed E-state index contributed by atoms with van der Waals surface area (Å²) in [5.41, 5.74) is -93.0. The number of rotatable bonds is 8. The lowest BCUT2D eigenvalue weighted by atomic mass is 9.79. The fourth-order valence-corrected chi connectivity index (χ4v) is 11.3. The summed E-state index contributed by atoms with van der Waals surface area (Å²) < 4.78 is 584. The molecule has 8 bridgehead atoms. The zero-order chi connectivity index (χ0) is 77.6. The van der Waals surface area contributed by atoms with Crippen molar-refractivity contribution in [3.8, 4) is 45.6 Å². The number of benzene rings is 4. The summed E-state index contributed by atoms with van der Waals surface area (Å²) in [5.74, 6) is -37.6. The summed E-state index contributed by atoms with van der Waals surface area (Å²) in [6.45, 7) is -4.76. The van der Waals surface area contributed by atoms with E-state index in [2.05, 4.69) is 29.9 Å². The van der Waals surface area contributed by atoms with Crippen LogP contribution in [0.15, 0.2) is 0 Å². The Balaban J connectivity index is 1.78. The smallest absolute Gasteiger partial charge is 0.324 e. The molecular weight excluding hydrogens is 1490 g/mol. The lowest BCUT2D eigenvalue weighted by Crippen LogP contribution is -2.53. The molecule has 2 aliphatic heterocycles. The third kappa shape index (κ3) is 10.7. The molecule has 7 aromatic rings. The Morgan fingerprint density at radius 1 is 0.208 bits per heavy atom. The van der Waals surface area contributed by atoms with Gasteiger partial charge >= 0.3 is 48.9 Å². The maximum absolute atomic E-state index is 17.7. The van der Waals surface area contributed by atoms with E-state index in [-0.39, 0.29) is 27.7 Å². The van der Waals surface area contributed by atoms with Crippen LogP contribution in [0.2, 0.25) is 0 Å². The largest absolute Gasteiger partial charge is 0.436 e. The van der Waals surface area contributed by atoms with Crippen LogP contribution in [0.5, 0.6) is 0 Å². The van der Waals surface area contributed by atoms with Gasteiger partial charge in [0.05, 0.1) is 49.4 Å². The molecule has 0 spiro atoms. The number of hydrogen-bond acceptors (Lipinski definition) is 6. The molecule has 0 aliphatic carbocycles. The second kappa shape index (κ2) is 21.9. The van der Waals surface area contributed by atoms with Gasteiger partial charge in [0.15, 0.2) is 23.3 Å². The molecule has 8 nitrogen and oxygen atoms in total. The van der Waals surface area contributed by atoms with E-state index in [1.807, 2.05) is 0 Å². The molecule has 45 heteroatoms. The van der Waals surface area contributed by atoms with Crippen LogP contribution in [-0.2, 0) is 45.4 Å². The van der Waals surface area contributed by atoms with Crippen LogP contribution in [0, 0.1) is 46.5 Å². The van der Waals surface area contributed by atoms with Gasteiger partial charge in [-0.3, -0.25) is 0 Å². The van der Waals surface area contributed by atoms with Crippen molar-refractivity contribution >= 4 is 44.1 Å². The Morgan fingerprint density at radius 3 is 0.584 bits per heavy atom. The first-order valence-corrected chi connectivity index (χ1v) is 26.9. The Kier molecular flexibility index (Phi) is 16.6. The van der Waals surface area contributed by atoms with Gasteiger partial charge in [-0.05, 0) is 62.3 Å². The molecular formula is C56H29F37N8. The highest BCUT2D eigenvalue weighted by Gasteiger charge is 2.77. The van der Waals surface area contributed by atoms with Gasteiger partial charge in [0.25, 0.3) is 0 Å². The lowest BCUT2D eigenvalue weighted by Gasteiger charge is -2.36. The van der Waals surface area contributed by atoms with Crippen molar-refractivity contribution in [3.63, 3.8) is 0 Å². The van der Waals surface area contributed by atoms with Crippen LogP contribution < -0.4 is 0 Å². The number of aromatic nitrogens is 8. The molecule has 0 fully saturated rings. The van der Waals surface area contributed by atoms with E-state index < -0.39 is 304 Å². The van der Waals surface area contributed by atoms with Crippen molar-refractivity contribution in [1.82, 2.24) is 39.9 Å². The highest BCUT2D eigenvalue weighted by molar-refractivity contribution is 6.08. The fourth-order valence-electron chi connectivity index (χ4n) is 11.3. The third-order valence-corrected chi connectivity index (χ3v) is 16.4. The summed E-state index contributed by atoms with van der Waals surface area (Å²) in [5, 5.41) is -10.2. The molecule has 9 rings (SSSR count). The molecule has 552 valence electrons. The quantitative estimate of drug-likeness (QED) is 0.147. The van der Waals surface area contributed by atoms with Gasteiger partial charge in [-0.2, -0.15) is 92.2 Å². The summed E-state index contributed by atoms with van der Waals surface area (Å²) >= 11 is 0. The summed E-state index contributed by atoms with van der Waals surface area (Å²) in [6, 6.07) is 0. The van der Waals surface area contributed by atoms with E-state index in [9.17, 15) is 92.2 Å². The third-order valence-electron chi connectivity index (χ3n) is 16.4. The van der Waals surface area contributed by atoms with Gasteiger partial charge in [0.1, 0.15) is 80.5 Å². The molecule has 4 aromatic carbocycles. The number of halogens is 37. The van der Waals surface area contributed by atoms with Crippen LogP contribution in [0.4, 0.5) is 162 Å². The zero-order valence-corrected chi connectivity index (χ0v) is 50.2. The van der Waals surface area contributed by atoms with Crippen molar-refractivity contribution in [2.24, 2.45) is 0 Å². The normalized spacial score (nSPS) is 17.2. The van der Waals surface area contributed by atoms with E-state index >= 15 is 70.2 Å². The van der Waals surface area contributed by atoms with Crippen LogP contribution in [0.3, 0.4) is 0 Å². The van der Waals surface area contributed by atoms with Gasteiger partial charge < -0.3 is 9.97 Å². The van der Waals surface area contributed by atoms with Crippen molar-refractivity contribution in [2.45, 2.75) is 151 Å². The summed E-state index contributed by atoms with van der Waals surface area (Å²) in [4.78, 5) is 21.7. The minimum Gasteiger partial charge on any atom is -0.324 e. The van der Waals surface area contributed by atoms with Gasteiger partial charge in [-0.15, -0.1) is 0 Å². The van der Waals surface area contributed by atoms with Crippen LogP contribution >= 0.6 is 0 Å². The highest BCUT2D eigenvalue weighted by atomic mass is 19.4. The average Bonchev–Trinajstić information content (AvgIpc) is 1.65.